The van der Waals surface area contributed by atoms with E-state index in [0.717, 1.165) is 18.7 Å². The highest BCUT2D eigenvalue weighted by atomic mass is 16.5. The summed E-state index contributed by atoms with van der Waals surface area (Å²) < 4.78 is 4.71. The minimum Gasteiger partial charge on any atom is -0.465 e. The van der Waals surface area contributed by atoms with Gasteiger partial charge in [0.1, 0.15) is 5.82 Å². The predicted octanol–water partition coefficient (Wildman–Crippen LogP) is 3.41. The van der Waals surface area contributed by atoms with E-state index in [9.17, 15) is 4.79 Å². The number of pyridine rings is 1. The van der Waals surface area contributed by atoms with E-state index >= 15 is 0 Å². The zero-order chi connectivity index (χ0) is 14.4. The maximum absolute atomic E-state index is 11.5. The highest BCUT2D eigenvalue weighted by Crippen LogP contribution is 2.18. The van der Waals surface area contributed by atoms with Crippen LogP contribution in [0.25, 0.3) is 0 Å². The number of aromatic nitrogens is 1. The number of aryl methyl sites for hydroxylation is 1. The van der Waals surface area contributed by atoms with Crippen LogP contribution in [-0.4, -0.2) is 24.1 Å². The Balaban J connectivity index is 2.81. The Labute approximate surface area is 115 Å². The van der Waals surface area contributed by atoms with Crippen molar-refractivity contribution >= 4 is 11.8 Å². The summed E-state index contributed by atoms with van der Waals surface area (Å²) in [6, 6.07) is 3.96. The van der Waals surface area contributed by atoms with Crippen LogP contribution in [0.4, 0.5) is 5.82 Å². The number of hydrogen-bond acceptors (Lipinski definition) is 4. The van der Waals surface area contributed by atoms with E-state index in [1.807, 2.05) is 13.0 Å². The number of nitrogens with one attached hydrogen (secondary N) is 1. The highest BCUT2D eigenvalue weighted by Gasteiger charge is 2.15. The maximum Gasteiger partial charge on any atom is 0.339 e. The molecule has 0 amide bonds. The van der Waals surface area contributed by atoms with Crippen LogP contribution in [0.1, 0.15) is 49.7 Å². The number of ether oxygens (including phenoxy) is 1. The first-order chi connectivity index (χ1) is 9.03. The summed E-state index contributed by atoms with van der Waals surface area (Å²) in [5.74, 6) is 1.09. The van der Waals surface area contributed by atoms with Gasteiger partial charge in [-0.1, -0.05) is 26.7 Å². The van der Waals surface area contributed by atoms with Gasteiger partial charge in [0.05, 0.1) is 18.4 Å². The fourth-order valence-corrected chi connectivity index (χ4v) is 2.31. The maximum atomic E-state index is 11.5. The molecule has 0 aliphatic rings. The van der Waals surface area contributed by atoms with Crippen LogP contribution >= 0.6 is 0 Å². The minimum absolute atomic E-state index is 0.343. The van der Waals surface area contributed by atoms with Crippen LogP contribution < -0.4 is 5.32 Å². The number of esters is 1. The van der Waals surface area contributed by atoms with Gasteiger partial charge in [-0.2, -0.15) is 0 Å². The molecular weight excluding hydrogens is 240 g/mol. The smallest absolute Gasteiger partial charge is 0.339 e. The molecule has 1 aromatic rings. The Morgan fingerprint density at radius 1 is 1.37 bits per heavy atom. The number of anilines is 1. The first-order valence-corrected chi connectivity index (χ1v) is 6.85. The lowest BCUT2D eigenvalue weighted by Crippen LogP contribution is -2.25. The first kappa shape index (κ1) is 15.5. The molecule has 4 heteroatoms. The molecule has 1 aromatic heterocycles. The van der Waals surface area contributed by atoms with E-state index in [2.05, 4.69) is 31.1 Å². The van der Waals surface area contributed by atoms with Gasteiger partial charge < -0.3 is 10.1 Å². The fraction of sp³-hybridized carbons (Fsp3) is 0.600. The summed E-state index contributed by atoms with van der Waals surface area (Å²) in [5, 5.41) is 3.41. The predicted molar refractivity (Wildman–Crippen MR) is 77.5 cm³/mol. The molecule has 0 saturated carbocycles. The lowest BCUT2D eigenvalue weighted by molar-refractivity contribution is 0.0599. The molecule has 0 saturated heterocycles. The highest BCUT2D eigenvalue weighted by molar-refractivity contribution is 5.90. The quantitative estimate of drug-likeness (QED) is 0.800. The molecule has 1 rings (SSSR count). The number of carbonyl (C=O) groups is 1. The molecule has 106 valence electrons. The van der Waals surface area contributed by atoms with Crippen LogP contribution in [0, 0.1) is 12.8 Å². The summed E-state index contributed by atoms with van der Waals surface area (Å²) in [5.41, 5.74) is 1.21. The molecule has 1 N–H and O–H groups in total. The lowest BCUT2D eigenvalue weighted by Gasteiger charge is -2.23. The number of nitrogens with zero attached hydrogens (tertiary/aromatic N) is 1. The van der Waals surface area contributed by atoms with Gasteiger partial charge in [-0.3, -0.25) is 0 Å². The summed E-state index contributed by atoms with van der Waals surface area (Å²) in [6.07, 6.45) is 2.29. The summed E-state index contributed by atoms with van der Waals surface area (Å²) in [4.78, 5) is 15.9. The molecule has 1 unspecified atom stereocenters. The third kappa shape index (κ3) is 3.94. The summed E-state index contributed by atoms with van der Waals surface area (Å²) in [6.45, 7) is 8.39. The number of hydrogen-bond donors (Lipinski definition) is 1. The molecule has 0 fully saturated rings. The first-order valence-electron chi connectivity index (χ1n) is 6.85. The Bertz CT molecular complexity index is 428. The van der Waals surface area contributed by atoms with Crippen molar-refractivity contribution in [1.29, 1.82) is 0 Å². The Morgan fingerprint density at radius 2 is 2.00 bits per heavy atom. The summed E-state index contributed by atoms with van der Waals surface area (Å²) >= 11 is 0. The van der Waals surface area contributed by atoms with E-state index in [1.165, 1.54) is 7.11 Å². The van der Waals surface area contributed by atoms with Crippen molar-refractivity contribution < 1.29 is 9.53 Å². The molecule has 0 aliphatic carbocycles. The second kappa shape index (κ2) is 7.12. The molecule has 0 bridgehead atoms. The minimum atomic E-state index is -0.343. The molecule has 0 spiro atoms. The zero-order valence-electron chi connectivity index (χ0n) is 12.5. The third-order valence-corrected chi connectivity index (χ3v) is 3.62. The van der Waals surface area contributed by atoms with Gasteiger partial charge in [0.25, 0.3) is 0 Å². The average Bonchev–Trinajstić information content (AvgIpc) is 2.39. The Kier molecular flexibility index (Phi) is 5.80. The van der Waals surface area contributed by atoms with E-state index in [-0.39, 0.29) is 5.97 Å². The third-order valence-electron chi connectivity index (χ3n) is 3.62. The second-order valence-corrected chi connectivity index (χ2v) is 4.83. The van der Waals surface area contributed by atoms with Crippen molar-refractivity contribution in [2.45, 2.75) is 46.6 Å². The van der Waals surface area contributed by atoms with Crippen molar-refractivity contribution in [3.8, 4) is 0 Å². The Morgan fingerprint density at radius 3 is 2.47 bits per heavy atom. The Hall–Kier alpha value is -1.58. The molecule has 4 nitrogen and oxygen atoms in total. The van der Waals surface area contributed by atoms with Crippen molar-refractivity contribution in [3.05, 3.63) is 23.4 Å². The van der Waals surface area contributed by atoms with Crippen LogP contribution in [0.2, 0.25) is 0 Å². The van der Waals surface area contributed by atoms with Crippen LogP contribution in [0.15, 0.2) is 12.1 Å². The molecule has 0 radical (unpaired) electrons. The molecular formula is C15H24N2O2. The molecule has 0 aliphatic heterocycles. The van der Waals surface area contributed by atoms with Gasteiger partial charge in [0.15, 0.2) is 0 Å². The topological polar surface area (TPSA) is 51.2 Å². The largest absolute Gasteiger partial charge is 0.465 e. The average molecular weight is 264 g/mol. The number of rotatable bonds is 6. The second-order valence-electron chi connectivity index (χ2n) is 4.83. The SMILES string of the molecule is CCC(CC)C(C)Nc1ccc(C(=O)OC)c(C)n1. The fourth-order valence-electron chi connectivity index (χ4n) is 2.31. The molecule has 1 atom stereocenters. The van der Waals surface area contributed by atoms with Crippen LogP contribution in [-0.2, 0) is 4.74 Å². The van der Waals surface area contributed by atoms with Crippen molar-refractivity contribution in [1.82, 2.24) is 4.98 Å². The standard InChI is InChI=1S/C15H24N2O2/c1-6-12(7-2)10(3)16-14-9-8-13(11(4)17-14)15(18)19-5/h8-10,12H,6-7H2,1-5H3,(H,16,17). The van der Waals surface area contributed by atoms with E-state index < -0.39 is 0 Å². The lowest BCUT2D eigenvalue weighted by atomic mass is 9.95. The van der Waals surface area contributed by atoms with E-state index in [0.29, 0.717) is 23.2 Å². The van der Waals surface area contributed by atoms with Gasteiger partial charge in [-0.05, 0) is 31.9 Å². The van der Waals surface area contributed by atoms with Gasteiger partial charge in [-0.25, -0.2) is 9.78 Å². The van der Waals surface area contributed by atoms with E-state index in [4.69, 9.17) is 4.74 Å². The molecule has 1 heterocycles. The van der Waals surface area contributed by atoms with Crippen LogP contribution in [0.5, 0.6) is 0 Å². The van der Waals surface area contributed by atoms with Gasteiger partial charge in [0.2, 0.25) is 0 Å². The van der Waals surface area contributed by atoms with E-state index in [1.54, 1.807) is 6.07 Å². The van der Waals surface area contributed by atoms with Crippen LogP contribution in [0.3, 0.4) is 0 Å². The van der Waals surface area contributed by atoms with Crippen molar-refractivity contribution in [2.24, 2.45) is 5.92 Å². The van der Waals surface area contributed by atoms with Gasteiger partial charge in [-0.15, -0.1) is 0 Å². The zero-order valence-corrected chi connectivity index (χ0v) is 12.5. The number of methoxy groups -OCH3 is 1. The summed E-state index contributed by atoms with van der Waals surface area (Å²) in [7, 11) is 1.38. The van der Waals surface area contributed by atoms with Crippen molar-refractivity contribution in [2.75, 3.05) is 12.4 Å². The number of carbonyl (C=O) groups excluding carboxylic acids is 1. The monoisotopic (exact) mass is 264 g/mol. The van der Waals surface area contributed by atoms with Gasteiger partial charge >= 0.3 is 5.97 Å². The molecule has 0 aromatic carbocycles. The molecule has 19 heavy (non-hydrogen) atoms. The van der Waals surface area contributed by atoms with Crippen molar-refractivity contribution in [3.63, 3.8) is 0 Å². The normalized spacial score (nSPS) is 12.3. The van der Waals surface area contributed by atoms with Gasteiger partial charge in [0, 0.05) is 6.04 Å².